The maximum Gasteiger partial charge on any atom is 0.256 e. The van der Waals surface area contributed by atoms with Crippen molar-refractivity contribution in [2.24, 2.45) is 0 Å². The molecule has 1 aliphatic rings. The fourth-order valence-corrected chi connectivity index (χ4v) is 1.52. The number of pyridine rings is 1. The van der Waals surface area contributed by atoms with E-state index in [9.17, 15) is 4.79 Å². The van der Waals surface area contributed by atoms with E-state index in [0.29, 0.717) is 5.56 Å². The second-order valence-corrected chi connectivity index (χ2v) is 3.22. The van der Waals surface area contributed by atoms with Crippen molar-refractivity contribution in [1.82, 2.24) is 9.88 Å². The maximum atomic E-state index is 11.5. The molecule has 4 nitrogen and oxygen atoms in total. The monoisotopic (exact) mass is 178 g/mol. The van der Waals surface area contributed by atoms with Crippen LogP contribution < -0.4 is 0 Å². The Morgan fingerprint density at radius 3 is 3.00 bits per heavy atom. The van der Waals surface area contributed by atoms with Gasteiger partial charge in [-0.05, 0) is 13.0 Å². The molecular formula is C9H10N2O2. The van der Waals surface area contributed by atoms with Crippen LogP contribution in [0.25, 0.3) is 0 Å². The van der Waals surface area contributed by atoms with Gasteiger partial charge in [-0.2, -0.15) is 0 Å². The van der Waals surface area contributed by atoms with Crippen LogP contribution in [-0.2, 0) is 0 Å². The largest absolute Gasteiger partial charge is 0.506 e. The summed E-state index contributed by atoms with van der Waals surface area (Å²) < 4.78 is 0. The summed E-state index contributed by atoms with van der Waals surface area (Å²) in [4.78, 5) is 17.2. The van der Waals surface area contributed by atoms with Crippen LogP contribution in [0, 0.1) is 0 Å². The van der Waals surface area contributed by atoms with Crippen molar-refractivity contribution in [1.29, 1.82) is 0 Å². The number of amides is 1. The van der Waals surface area contributed by atoms with Crippen molar-refractivity contribution in [2.75, 3.05) is 7.05 Å². The number of rotatable bonds is 0. The first-order valence-electron chi connectivity index (χ1n) is 4.07. The molecule has 1 N–H and O–H groups in total. The van der Waals surface area contributed by atoms with Crippen LogP contribution in [0.15, 0.2) is 12.3 Å². The van der Waals surface area contributed by atoms with Gasteiger partial charge in [-0.3, -0.25) is 9.78 Å². The SMILES string of the molecule is C[C@@H]1c2ncc(O)cc2C(=O)N1C. The van der Waals surface area contributed by atoms with Crippen molar-refractivity contribution < 1.29 is 9.90 Å². The average molecular weight is 178 g/mol. The third-order valence-electron chi connectivity index (χ3n) is 2.43. The Morgan fingerprint density at radius 2 is 2.31 bits per heavy atom. The molecule has 1 aliphatic heterocycles. The Kier molecular flexibility index (Phi) is 1.52. The summed E-state index contributed by atoms with van der Waals surface area (Å²) in [6.45, 7) is 1.91. The highest BCUT2D eigenvalue weighted by atomic mass is 16.3. The summed E-state index contributed by atoms with van der Waals surface area (Å²) in [7, 11) is 1.73. The molecule has 13 heavy (non-hydrogen) atoms. The van der Waals surface area contributed by atoms with E-state index >= 15 is 0 Å². The predicted octanol–water partition coefficient (Wildman–Crippen LogP) is 0.934. The highest BCUT2D eigenvalue weighted by molar-refractivity contribution is 5.98. The number of fused-ring (bicyclic) bond motifs is 1. The zero-order valence-electron chi connectivity index (χ0n) is 7.48. The van der Waals surface area contributed by atoms with E-state index < -0.39 is 0 Å². The van der Waals surface area contributed by atoms with Gasteiger partial charge in [-0.15, -0.1) is 0 Å². The van der Waals surface area contributed by atoms with Crippen LogP contribution in [0.3, 0.4) is 0 Å². The van der Waals surface area contributed by atoms with Crippen LogP contribution in [0.5, 0.6) is 5.75 Å². The standard InChI is InChI=1S/C9H10N2O2/c1-5-8-7(9(13)11(5)2)3-6(12)4-10-8/h3-5,12H,1-2H3/t5-/m1/s1. The zero-order chi connectivity index (χ0) is 9.59. The minimum absolute atomic E-state index is 0.00287. The Hall–Kier alpha value is -1.58. The van der Waals surface area contributed by atoms with Crippen LogP contribution in [0.4, 0.5) is 0 Å². The minimum atomic E-state index is -0.0779. The average Bonchev–Trinajstić information content (AvgIpc) is 2.32. The smallest absolute Gasteiger partial charge is 0.256 e. The van der Waals surface area contributed by atoms with Gasteiger partial charge in [0.25, 0.3) is 5.91 Å². The molecule has 4 heteroatoms. The number of hydrogen-bond acceptors (Lipinski definition) is 3. The topological polar surface area (TPSA) is 53.4 Å². The minimum Gasteiger partial charge on any atom is -0.506 e. The number of carbonyl (C=O) groups is 1. The lowest BCUT2D eigenvalue weighted by Crippen LogP contribution is -2.20. The molecule has 0 aromatic carbocycles. The second-order valence-electron chi connectivity index (χ2n) is 3.22. The lowest BCUT2D eigenvalue weighted by molar-refractivity contribution is 0.0783. The first kappa shape index (κ1) is 8.04. The quantitative estimate of drug-likeness (QED) is 0.643. The van der Waals surface area contributed by atoms with Crippen molar-refractivity contribution >= 4 is 5.91 Å². The lowest BCUT2D eigenvalue weighted by atomic mass is 10.1. The van der Waals surface area contributed by atoms with Gasteiger partial charge in [0, 0.05) is 7.05 Å². The number of carbonyl (C=O) groups excluding carboxylic acids is 1. The van der Waals surface area contributed by atoms with Crippen molar-refractivity contribution in [3.63, 3.8) is 0 Å². The summed E-state index contributed by atoms with van der Waals surface area (Å²) >= 11 is 0. The van der Waals surface area contributed by atoms with Gasteiger partial charge >= 0.3 is 0 Å². The van der Waals surface area contributed by atoms with E-state index in [4.69, 9.17) is 5.11 Å². The lowest BCUT2D eigenvalue weighted by Gasteiger charge is -2.13. The first-order valence-corrected chi connectivity index (χ1v) is 4.07. The normalized spacial score (nSPS) is 20.6. The van der Waals surface area contributed by atoms with Gasteiger partial charge in [-0.1, -0.05) is 0 Å². The Morgan fingerprint density at radius 1 is 1.62 bits per heavy atom. The third-order valence-corrected chi connectivity index (χ3v) is 2.43. The van der Waals surface area contributed by atoms with Gasteiger partial charge in [0.2, 0.25) is 0 Å². The molecule has 2 rings (SSSR count). The van der Waals surface area contributed by atoms with Crippen molar-refractivity contribution in [3.8, 4) is 5.75 Å². The molecule has 0 spiro atoms. The third kappa shape index (κ3) is 0.983. The van der Waals surface area contributed by atoms with E-state index in [1.807, 2.05) is 6.92 Å². The predicted molar refractivity (Wildman–Crippen MR) is 46.4 cm³/mol. The van der Waals surface area contributed by atoms with E-state index in [-0.39, 0.29) is 17.7 Å². The highest BCUT2D eigenvalue weighted by Crippen LogP contribution is 2.31. The maximum absolute atomic E-state index is 11.5. The van der Waals surface area contributed by atoms with E-state index in [0.717, 1.165) is 5.69 Å². The number of nitrogens with zero attached hydrogens (tertiary/aromatic N) is 2. The van der Waals surface area contributed by atoms with Crippen LogP contribution in [-0.4, -0.2) is 27.9 Å². The van der Waals surface area contributed by atoms with E-state index in [1.165, 1.54) is 12.3 Å². The molecule has 1 aromatic rings. The van der Waals surface area contributed by atoms with Crippen LogP contribution >= 0.6 is 0 Å². The molecule has 0 aliphatic carbocycles. The Labute approximate surface area is 75.8 Å². The van der Waals surface area contributed by atoms with E-state index in [2.05, 4.69) is 4.98 Å². The molecule has 0 saturated carbocycles. The number of aromatic hydroxyl groups is 1. The van der Waals surface area contributed by atoms with Gasteiger partial charge < -0.3 is 10.0 Å². The van der Waals surface area contributed by atoms with E-state index in [1.54, 1.807) is 11.9 Å². The van der Waals surface area contributed by atoms with Gasteiger partial charge in [0.05, 0.1) is 23.5 Å². The van der Waals surface area contributed by atoms with Gasteiger partial charge in [0.15, 0.2) is 0 Å². The molecular weight excluding hydrogens is 168 g/mol. The molecule has 1 atom stereocenters. The van der Waals surface area contributed by atoms with Crippen molar-refractivity contribution in [2.45, 2.75) is 13.0 Å². The summed E-state index contributed by atoms with van der Waals surface area (Å²) in [5.41, 5.74) is 1.25. The Balaban J connectivity index is 2.60. The highest BCUT2D eigenvalue weighted by Gasteiger charge is 2.32. The summed E-state index contributed by atoms with van der Waals surface area (Å²) in [6, 6.07) is 1.47. The zero-order valence-corrected chi connectivity index (χ0v) is 7.48. The van der Waals surface area contributed by atoms with Crippen LogP contribution in [0.1, 0.15) is 29.0 Å². The fraction of sp³-hybridized carbons (Fsp3) is 0.333. The molecule has 1 amide bonds. The van der Waals surface area contributed by atoms with Gasteiger partial charge in [-0.25, -0.2) is 0 Å². The van der Waals surface area contributed by atoms with Gasteiger partial charge in [0.1, 0.15) is 5.75 Å². The fourth-order valence-electron chi connectivity index (χ4n) is 1.52. The molecule has 2 heterocycles. The van der Waals surface area contributed by atoms with Crippen molar-refractivity contribution in [3.05, 3.63) is 23.5 Å². The first-order chi connectivity index (χ1) is 6.11. The summed E-state index contributed by atoms with van der Waals surface area (Å²) in [5, 5.41) is 9.15. The molecule has 0 fully saturated rings. The summed E-state index contributed by atoms with van der Waals surface area (Å²) in [6.07, 6.45) is 1.36. The van der Waals surface area contributed by atoms with Crippen LogP contribution in [0.2, 0.25) is 0 Å². The second kappa shape index (κ2) is 2.45. The molecule has 0 bridgehead atoms. The molecule has 0 unspecified atom stereocenters. The summed E-state index contributed by atoms with van der Waals surface area (Å²) in [5.74, 6) is -0.0412. The molecule has 0 saturated heterocycles. The number of aromatic nitrogens is 1. The molecule has 68 valence electrons. The Bertz CT molecular complexity index is 376. The molecule has 0 radical (unpaired) electrons. The molecule has 1 aromatic heterocycles. The number of hydrogen-bond donors (Lipinski definition) is 1.